The maximum atomic E-state index is 6.04. The van der Waals surface area contributed by atoms with Crippen molar-refractivity contribution >= 4 is 11.6 Å². The van der Waals surface area contributed by atoms with Crippen molar-refractivity contribution in [3.05, 3.63) is 46.2 Å². The summed E-state index contributed by atoms with van der Waals surface area (Å²) in [5.74, 6) is 0. The molecular formula is C13H16ClN3. The van der Waals surface area contributed by atoms with Crippen LogP contribution in [-0.2, 0) is 6.54 Å². The van der Waals surface area contributed by atoms with Crippen LogP contribution in [0.4, 0.5) is 0 Å². The minimum Gasteiger partial charge on any atom is -0.316 e. The second-order valence-electron chi connectivity index (χ2n) is 4.17. The largest absolute Gasteiger partial charge is 0.316 e. The lowest BCUT2D eigenvalue weighted by Crippen LogP contribution is -2.09. The third-order valence-corrected chi connectivity index (χ3v) is 3.06. The maximum absolute atomic E-state index is 6.04. The van der Waals surface area contributed by atoms with Crippen LogP contribution < -0.4 is 5.32 Å². The SMILES string of the molecule is CNCc1cc(C)ccc1-n1cc(Cl)c(C)n1. The fraction of sp³-hybridized carbons (Fsp3) is 0.308. The van der Waals surface area contributed by atoms with Crippen LogP contribution >= 0.6 is 11.6 Å². The van der Waals surface area contributed by atoms with Gasteiger partial charge < -0.3 is 5.32 Å². The van der Waals surface area contributed by atoms with Gasteiger partial charge in [-0.1, -0.05) is 29.3 Å². The standard InChI is InChI=1S/C13H16ClN3/c1-9-4-5-13(11(6-9)7-15-3)17-8-12(14)10(2)16-17/h4-6,8,15H,7H2,1-3H3. The predicted octanol–water partition coefficient (Wildman–Crippen LogP) is 2.86. The Morgan fingerprint density at radius 1 is 1.35 bits per heavy atom. The first kappa shape index (κ1) is 12.1. The highest BCUT2D eigenvalue weighted by Gasteiger charge is 2.08. The first-order chi connectivity index (χ1) is 8.11. The Morgan fingerprint density at radius 2 is 2.12 bits per heavy atom. The Hall–Kier alpha value is -1.32. The van der Waals surface area contributed by atoms with E-state index in [0.29, 0.717) is 5.02 Å². The summed E-state index contributed by atoms with van der Waals surface area (Å²) in [5.41, 5.74) is 4.38. The van der Waals surface area contributed by atoms with Gasteiger partial charge in [-0.3, -0.25) is 0 Å². The molecule has 0 bridgehead atoms. The molecule has 17 heavy (non-hydrogen) atoms. The predicted molar refractivity (Wildman–Crippen MR) is 70.8 cm³/mol. The fourth-order valence-electron chi connectivity index (χ4n) is 1.83. The molecule has 90 valence electrons. The Kier molecular flexibility index (Phi) is 3.50. The van der Waals surface area contributed by atoms with Crippen LogP contribution in [0.15, 0.2) is 24.4 Å². The third-order valence-electron chi connectivity index (χ3n) is 2.69. The van der Waals surface area contributed by atoms with E-state index < -0.39 is 0 Å². The molecule has 0 aliphatic rings. The van der Waals surface area contributed by atoms with Gasteiger partial charge in [-0.2, -0.15) is 5.10 Å². The Morgan fingerprint density at radius 3 is 2.71 bits per heavy atom. The van der Waals surface area contributed by atoms with Crippen LogP contribution in [0.2, 0.25) is 5.02 Å². The molecule has 2 aromatic rings. The summed E-state index contributed by atoms with van der Waals surface area (Å²) in [5, 5.41) is 8.27. The summed E-state index contributed by atoms with van der Waals surface area (Å²) < 4.78 is 1.84. The number of nitrogens with zero attached hydrogens (tertiary/aromatic N) is 2. The van der Waals surface area contributed by atoms with Crippen molar-refractivity contribution in [2.75, 3.05) is 7.05 Å². The lowest BCUT2D eigenvalue weighted by Gasteiger charge is -2.10. The van der Waals surface area contributed by atoms with Crippen LogP contribution in [0.5, 0.6) is 0 Å². The Labute approximate surface area is 106 Å². The zero-order valence-electron chi connectivity index (χ0n) is 10.3. The van der Waals surface area contributed by atoms with Crippen molar-refractivity contribution in [2.24, 2.45) is 0 Å². The number of aryl methyl sites for hydroxylation is 2. The molecule has 2 rings (SSSR count). The summed E-state index contributed by atoms with van der Waals surface area (Å²) >= 11 is 6.04. The molecule has 0 unspecified atom stereocenters. The van der Waals surface area contributed by atoms with E-state index >= 15 is 0 Å². The Bertz CT molecular complexity index is 512. The second-order valence-corrected chi connectivity index (χ2v) is 4.58. The summed E-state index contributed by atoms with van der Waals surface area (Å²) in [4.78, 5) is 0. The van der Waals surface area contributed by atoms with Gasteiger partial charge in [-0.05, 0) is 32.5 Å². The zero-order valence-corrected chi connectivity index (χ0v) is 11.0. The molecule has 0 radical (unpaired) electrons. The van der Waals surface area contributed by atoms with Gasteiger partial charge in [0.2, 0.25) is 0 Å². The van der Waals surface area contributed by atoms with E-state index in [-0.39, 0.29) is 0 Å². The fourth-order valence-corrected chi connectivity index (χ4v) is 1.96. The van der Waals surface area contributed by atoms with Gasteiger partial charge in [0.25, 0.3) is 0 Å². The third kappa shape index (κ3) is 2.51. The van der Waals surface area contributed by atoms with E-state index in [0.717, 1.165) is 17.9 Å². The number of nitrogens with one attached hydrogen (secondary N) is 1. The smallest absolute Gasteiger partial charge is 0.0819 e. The molecule has 0 spiro atoms. The molecule has 0 aliphatic heterocycles. The average Bonchev–Trinajstić information content (AvgIpc) is 2.60. The summed E-state index contributed by atoms with van der Waals surface area (Å²) in [6.45, 7) is 4.81. The molecule has 0 atom stereocenters. The summed E-state index contributed by atoms with van der Waals surface area (Å²) in [6, 6.07) is 6.32. The molecule has 0 saturated carbocycles. The van der Waals surface area contributed by atoms with Crippen LogP contribution in [0.25, 0.3) is 5.69 Å². The molecule has 1 aromatic carbocycles. The van der Waals surface area contributed by atoms with E-state index in [4.69, 9.17) is 11.6 Å². The van der Waals surface area contributed by atoms with E-state index in [1.807, 2.05) is 24.9 Å². The van der Waals surface area contributed by atoms with Crippen LogP contribution in [0, 0.1) is 13.8 Å². The van der Waals surface area contributed by atoms with Gasteiger partial charge in [0, 0.05) is 12.7 Å². The van der Waals surface area contributed by atoms with Gasteiger partial charge in [0.1, 0.15) is 0 Å². The quantitative estimate of drug-likeness (QED) is 0.907. The molecule has 1 aromatic heterocycles. The second kappa shape index (κ2) is 4.90. The molecule has 3 nitrogen and oxygen atoms in total. The lowest BCUT2D eigenvalue weighted by atomic mass is 10.1. The maximum Gasteiger partial charge on any atom is 0.0819 e. The van der Waals surface area contributed by atoms with Gasteiger partial charge >= 0.3 is 0 Å². The molecule has 1 heterocycles. The van der Waals surface area contributed by atoms with Crippen molar-refractivity contribution in [3.63, 3.8) is 0 Å². The number of halogens is 1. The van der Waals surface area contributed by atoms with Crippen molar-refractivity contribution in [2.45, 2.75) is 20.4 Å². The average molecular weight is 250 g/mol. The Balaban J connectivity index is 2.50. The first-order valence-electron chi connectivity index (χ1n) is 5.58. The topological polar surface area (TPSA) is 29.9 Å². The summed E-state index contributed by atoms with van der Waals surface area (Å²) in [6.07, 6.45) is 1.85. The van der Waals surface area contributed by atoms with E-state index in [1.165, 1.54) is 11.1 Å². The monoisotopic (exact) mass is 249 g/mol. The van der Waals surface area contributed by atoms with Crippen molar-refractivity contribution in [1.29, 1.82) is 0 Å². The number of aromatic nitrogens is 2. The highest BCUT2D eigenvalue weighted by atomic mass is 35.5. The van der Waals surface area contributed by atoms with E-state index in [9.17, 15) is 0 Å². The minimum absolute atomic E-state index is 0.695. The molecule has 4 heteroatoms. The highest BCUT2D eigenvalue weighted by Crippen LogP contribution is 2.20. The molecule has 0 fully saturated rings. The zero-order chi connectivity index (χ0) is 12.4. The van der Waals surface area contributed by atoms with Gasteiger partial charge in [0.15, 0.2) is 0 Å². The van der Waals surface area contributed by atoms with E-state index in [2.05, 4.69) is 35.5 Å². The number of hydrogen-bond donors (Lipinski definition) is 1. The van der Waals surface area contributed by atoms with Crippen molar-refractivity contribution in [3.8, 4) is 5.69 Å². The summed E-state index contributed by atoms with van der Waals surface area (Å²) in [7, 11) is 1.94. The van der Waals surface area contributed by atoms with Crippen LogP contribution in [0.1, 0.15) is 16.8 Å². The number of rotatable bonds is 3. The molecular weight excluding hydrogens is 234 g/mol. The highest BCUT2D eigenvalue weighted by molar-refractivity contribution is 6.31. The normalized spacial score (nSPS) is 10.8. The first-order valence-corrected chi connectivity index (χ1v) is 5.96. The van der Waals surface area contributed by atoms with Crippen molar-refractivity contribution < 1.29 is 0 Å². The number of benzene rings is 1. The lowest BCUT2D eigenvalue weighted by molar-refractivity contribution is 0.784. The van der Waals surface area contributed by atoms with Gasteiger partial charge in [-0.15, -0.1) is 0 Å². The molecule has 0 aliphatic carbocycles. The van der Waals surface area contributed by atoms with Gasteiger partial charge in [0.05, 0.1) is 16.4 Å². The molecule has 0 saturated heterocycles. The van der Waals surface area contributed by atoms with E-state index in [1.54, 1.807) is 0 Å². The van der Waals surface area contributed by atoms with Crippen LogP contribution in [-0.4, -0.2) is 16.8 Å². The van der Waals surface area contributed by atoms with Gasteiger partial charge in [-0.25, -0.2) is 4.68 Å². The van der Waals surface area contributed by atoms with Crippen molar-refractivity contribution in [1.82, 2.24) is 15.1 Å². The van der Waals surface area contributed by atoms with Crippen LogP contribution in [0.3, 0.4) is 0 Å². The number of hydrogen-bond acceptors (Lipinski definition) is 2. The molecule has 1 N–H and O–H groups in total. The minimum atomic E-state index is 0.695. The molecule has 0 amide bonds.